The summed E-state index contributed by atoms with van der Waals surface area (Å²) in [6, 6.07) is 8.83. The van der Waals surface area contributed by atoms with Gasteiger partial charge < -0.3 is 16.0 Å². The molecule has 3 rings (SSSR count). The van der Waals surface area contributed by atoms with Gasteiger partial charge in [-0.2, -0.15) is 0 Å². The SMILES string of the molecule is CC(=O)Nc1ccc(CNC(=O)CC2CC3CCC(C2)N3)cc1. The van der Waals surface area contributed by atoms with Crippen molar-refractivity contribution < 1.29 is 9.59 Å². The van der Waals surface area contributed by atoms with Crippen LogP contribution >= 0.6 is 0 Å². The van der Waals surface area contributed by atoms with Gasteiger partial charge in [-0.3, -0.25) is 9.59 Å². The Bertz CT molecular complexity index is 558. The van der Waals surface area contributed by atoms with Gasteiger partial charge in [-0.15, -0.1) is 0 Å². The number of nitrogens with one attached hydrogen (secondary N) is 3. The van der Waals surface area contributed by atoms with Crippen LogP contribution in [0.2, 0.25) is 0 Å². The molecule has 2 unspecified atom stereocenters. The van der Waals surface area contributed by atoms with Crippen molar-refractivity contribution in [1.82, 2.24) is 10.6 Å². The summed E-state index contributed by atoms with van der Waals surface area (Å²) in [6.07, 6.45) is 5.44. The summed E-state index contributed by atoms with van der Waals surface area (Å²) < 4.78 is 0. The van der Waals surface area contributed by atoms with E-state index in [0.717, 1.165) is 24.1 Å². The number of amides is 2. The first kappa shape index (κ1) is 16.0. The molecule has 2 atom stereocenters. The Morgan fingerprint density at radius 3 is 2.39 bits per heavy atom. The van der Waals surface area contributed by atoms with Crippen LogP contribution in [0.5, 0.6) is 0 Å². The third-order valence-corrected chi connectivity index (χ3v) is 4.81. The van der Waals surface area contributed by atoms with E-state index in [2.05, 4.69) is 16.0 Å². The van der Waals surface area contributed by atoms with Gasteiger partial charge in [0, 0.05) is 37.7 Å². The van der Waals surface area contributed by atoms with Gasteiger partial charge in [-0.1, -0.05) is 12.1 Å². The molecule has 3 N–H and O–H groups in total. The van der Waals surface area contributed by atoms with Crippen molar-refractivity contribution in [3.05, 3.63) is 29.8 Å². The molecule has 2 heterocycles. The minimum absolute atomic E-state index is 0.0815. The van der Waals surface area contributed by atoms with E-state index in [0.29, 0.717) is 31.0 Å². The largest absolute Gasteiger partial charge is 0.352 e. The molecule has 0 spiro atoms. The lowest BCUT2D eigenvalue weighted by atomic mass is 9.89. The lowest BCUT2D eigenvalue weighted by Gasteiger charge is -2.28. The van der Waals surface area contributed by atoms with E-state index in [1.54, 1.807) is 0 Å². The molecule has 2 saturated heterocycles. The topological polar surface area (TPSA) is 70.2 Å². The van der Waals surface area contributed by atoms with Crippen molar-refractivity contribution >= 4 is 17.5 Å². The monoisotopic (exact) mass is 315 g/mol. The number of piperidine rings is 1. The van der Waals surface area contributed by atoms with Crippen molar-refractivity contribution in [3.63, 3.8) is 0 Å². The van der Waals surface area contributed by atoms with E-state index >= 15 is 0 Å². The number of hydrogen-bond acceptors (Lipinski definition) is 3. The number of fused-ring (bicyclic) bond motifs is 2. The third kappa shape index (κ3) is 4.55. The predicted octanol–water partition coefficient (Wildman–Crippen LogP) is 2.18. The molecule has 0 aliphatic carbocycles. The van der Waals surface area contributed by atoms with Gasteiger partial charge in [0.05, 0.1) is 0 Å². The summed E-state index contributed by atoms with van der Waals surface area (Å²) in [6.45, 7) is 2.03. The average Bonchev–Trinajstić information content (AvgIpc) is 2.85. The molecule has 124 valence electrons. The Kier molecular flexibility index (Phi) is 4.96. The van der Waals surface area contributed by atoms with Gasteiger partial charge in [0.15, 0.2) is 0 Å². The molecule has 1 aromatic rings. The summed E-state index contributed by atoms with van der Waals surface area (Å²) in [5.41, 5.74) is 1.82. The molecule has 0 aromatic heterocycles. The van der Waals surface area contributed by atoms with E-state index in [1.165, 1.54) is 19.8 Å². The van der Waals surface area contributed by atoms with Crippen molar-refractivity contribution in [1.29, 1.82) is 0 Å². The smallest absolute Gasteiger partial charge is 0.221 e. The molecule has 0 saturated carbocycles. The van der Waals surface area contributed by atoms with E-state index in [4.69, 9.17) is 0 Å². The number of carbonyl (C=O) groups excluding carboxylic acids is 2. The summed E-state index contributed by atoms with van der Waals surface area (Å²) in [4.78, 5) is 23.1. The van der Waals surface area contributed by atoms with E-state index in [9.17, 15) is 9.59 Å². The van der Waals surface area contributed by atoms with Gasteiger partial charge in [0.2, 0.25) is 11.8 Å². The standard InChI is InChI=1S/C18H25N3O2/c1-12(22)20-15-4-2-13(3-5-15)11-19-18(23)10-14-8-16-6-7-17(9-14)21-16/h2-5,14,16-17,21H,6-11H2,1H3,(H,19,23)(H,20,22). The maximum atomic E-state index is 12.1. The summed E-state index contributed by atoms with van der Waals surface area (Å²) >= 11 is 0. The Morgan fingerprint density at radius 1 is 1.13 bits per heavy atom. The molecule has 2 amide bonds. The summed E-state index contributed by atoms with van der Waals surface area (Å²) in [5, 5.41) is 9.35. The zero-order chi connectivity index (χ0) is 16.2. The van der Waals surface area contributed by atoms with Gasteiger partial charge in [-0.05, 0) is 49.3 Å². The zero-order valence-corrected chi connectivity index (χ0v) is 13.6. The highest BCUT2D eigenvalue weighted by atomic mass is 16.2. The summed E-state index contributed by atoms with van der Waals surface area (Å²) in [5.74, 6) is 0.583. The fourth-order valence-corrected chi connectivity index (χ4v) is 3.79. The minimum atomic E-state index is -0.0815. The molecule has 2 bridgehead atoms. The van der Waals surface area contributed by atoms with Crippen LogP contribution in [0.3, 0.4) is 0 Å². The highest BCUT2D eigenvalue weighted by Crippen LogP contribution is 2.32. The predicted molar refractivity (Wildman–Crippen MR) is 89.9 cm³/mol. The summed E-state index contributed by atoms with van der Waals surface area (Å²) in [7, 11) is 0. The van der Waals surface area contributed by atoms with Crippen molar-refractivity contribution in [2.45, 2.75) is 57.7 Å². The van der Waals surface area contributed by atoms with Crippen LogP contribution in [0.15, 0.2) is 24.3 Å². The number of hydrogen-bond donors (Lipinski definition) is 3. The van der Waals surface area contributed by atoms with Gasteiger partial charge in [0.25, 0.3) is 0 Å². The first-order valence-electron chi connectivity index (χ1n) is 8.48. The number of benzene rings is 1. The molecular formula is C18H25N3O2. The second-order valence-corrected chi connectivity index (χ2v) is 6.83. The number of rotatable bonds is 5. The zero-order valence-electron chi connectivity index (χ0n) is 13.6. The third-order valence-electron chi connectivity index (χ3n) is 4.81. The Hall–Kier alpha value is -1.88. The molecule has 2 aliphatic heterocycles. The highest BCUT2D eigenvalue weighted by Gasteiger charge is 2.34. The molecule has 23 heavy (non-hydrogen) atoms. The van der Waals surface area contributed by atoms with Crippen molar-refractivity contribution in [2.24, 2.45) is 5.92 Å². The number of carbonyl (C=O) groups is 2. The van der Waals surface area contributed by atoms with Gasteiger partial charge in [-0.25, -0.2) is 0 Å². The molecule has 2 fully saturated rings. The van der Waals surface area contributed by atoms with Crippen LogP contribution in [-0.4, -0.2) is 23.9 Å². The maximum absolute atomic E-state index is 12.1. The Labute approximate surface area is 137 Å². The van der Waals surface area contributed by atoms with E-state index in [-0.39, 0.29) is 11.8 Å². The van der Waals surface area contributed by atoms with Crippen LogP contribution < -0.4 is 16.0 Å². The lowest BCUT2D eigenvalue weighted by Crippen LogP contribution is -2.39. The fourth-order valence-electron chi connectivity index (χ4n) is 3.79. The first-order chi connectivity index (χ1) is 11.1. The minimum Gasteiger partial charge on any atom is -0.352 e. The van der Waals surface area contributed by atoms with Crippen LogP contribution in [0.4, 0.5) is 5.69 Å². The van der Waals surface area contributed by atoms with E-state index in [1.807, 2.05) is 24.3 Å². The van der Waals surface area contributed by atoms with Gasteiger partial charge in [0.1, 0.15) is 0 Å². The molecule has 2 aliphatic rings. The maximum Gasteiger partial charge on any atom is 0.221 e. The molecule has 1 aromatic carbocycles. The second kappa shape index (κ2) is 7.13. The van der Waals surface area contributed by atoms with Crippen LogP contribution in [0.25, 0.3) is 0 Å². The molecule has 5 heteroatoms. The van der Waals surface area contributed by atoms with Crippen LogP contribution in [0, 0.1) is 5.92 Å². The van der Waals surface area contributed by atoms with Crippen molar-refractivity contribution in [2.75, 3.05) is 5.32 Å². The van der Waals surface area contributed by atoms with Gasteiger partial charge >= 0.3 is 0 Å². The molecule has 0 radical (unpaired) electrons. The highest BCUT2D eigenvalue weighted by molar-refractivity contribution is 5.88. The molecule has 5 nitrogen and oxygen atoms in total. The fraction of sp³-hybridized carbons (Fsp3) is 0.556. The van der Waals surface area contributed by atoms with E-state index < -0.39 is 0 Å². The first-order valence-corrected chi connectivity index (χ1v) is 8.48. The Balaban J connectivity index is 1.42. The quantitative estimate of drug-likeness (QED) is 0.780. The Morgan fingerprint density at radius 2 is 1.78 bits per heavy atom. The van der Waals surface area contributed by atoms with Crippen LogP contribution in [0.1, 0.15) is 44.6 Å². The average molecular weight is 315 g/mol. The molecular weight excluding hydrogens is 290 g/mol. The number of anilines is 1. The van der Waals surface area contributed by atoms with Crippen molar-refractivity contribution in [3.8, 4) is 0 Å². The van der Waals surface area contributed by atoms with Crippen LogP contribution in [-0.2, 0) is 16.1 Å². The normalized spacial score (nSPS) is 25.9. The second-order valence-electron chi connectivity index (χ2n) is 6.83. The lowest BCUT2D eigenvalue weighted by molar-refractivity contribution is -0.122.